The van der Waals surface area contributed by atoms with E-state index in [1.807, 2.05) is 0 Å². The summed E-state index contributed by atoms with van der Waals surface area (Å²) < 4.78 is 15.4. The largest absolute Gasteiger partial charge is 0.493 e. The molecule has 16 heavy (non-hydrogen) atoms. The third-order valence-electron chi connectivity index (χ3n) is 2.07. The molecule has 0 fully saturated rings. The van der Waals surface area contributed by atoms with Crippen LogP contribution in [0.5, 0.6) is 17.2 Å². The van der Waals surface area contributed by atoms with E-state index in [0.29, 0.717) is 22.8 Å². The van der Waals surface area contributed by atoms with Crippen LogP contribution in [0.4, 0.5) is 0 Å². The van der Waals surface area contributed by atoms with Crippen molar-refractivity contribution in [3.63, 3.8) is 0 Å². The molecule has 0 aliphatic carbocycles. The van der Waals surface area contributed by atoms with Gasteiger partial charge in [-0.2, -0.15) is 0 Å². The Kier molecular flexibility index (Phi) is 5.88. The summed E-state index contributed by atoms with van der Waals surface area (Å²) in [6, 6.07) is 3.26. The van der Waals surface area contributed by atoms with E-state index in [1.165, 1.54) is 28.3 Å². The number of ketones is 1. The van der Waals surface area contributed by atoms with Gasteiger partial charge in [0, 0.05) is 5.56 Å². The molecule has 1 aromatic carbocycles. The van der Waals surface area contributed by atoms with E-state index in [2.05, 4.69) is 0 Å². The van der Waals surface area contributed by atoms with Gasteiger partial charge in [-0.15, -0.1) is 17.0 Å². The van der Waals surface area contributed by atoms with Crippen LogP contribution >= 0.6 is 17.0 Å². The quantitative estimate of drug-likeness (QED) is 0.799. The predicted molar refractivity (Wildman–Crippen MR) is 66.4 cm³/mol. The lowest BCUT2D eigenvalue weighted by Crippen LogP contribution is -1.99. The number of Topliss-reactive ketones (excluding diaryl/α,β-unsaturated/α-hetero) is 1. The molecule has 90 valence electrons. The number of carbonyl (C=O) groups is 1. The molecule has 0 aromatic heterocycles. The van der Waals surface area contributed by atoms with Crippen LogP contribution in [0, 0.1) is 0 Å². The van der Waals surface area contributed by atoms with E-state index >= 15 is 0 Å². The zero-order valence-corrected chi connectivity index (χ0v) is 11.4. The highest BCUT2D eigenvalue weighted by atomic mass is 79.9. The Balaban J connectivity index is 0.00000225. The minimum atomic E-state index is -0.0470. The highest BCUT2D eigenvalue weighted by Gasteiger charge is 2.14. The second-order valence-corrected chi connectivity index (χ2v) is 2.97. The smallest absolute Gasteiger partial charge is 0.203 e. The minimum Gasteiger partial charge on any atom is -0.493 e. The Morgan fingerprint density at radius 3 is 1.69 bits per heavy atom. The standard InChI is InChI=1S/C11H14O4.BrH/c1-7(12)8-5-9(13-2)11(15-4)10(6-8)14-3;/h5-6H,1-4H3;1H. The summed E-state index contributed by atoms with van der Waals surface area (Å²) in [5, 5.41) is 0. The van der Waals surface area contributed by atoms with Crippen molar-refractivity contribution >= 4 is 22.8 Å². The fraction of sp³-hybridized carbons (Fsp3) is 0.364. The fourth-order valence-electron chi connectivity index (χ4n) is 1.28. The Morgan fingerprint density at radius 2 is 1.44 bits per heavy atom. The van der Waals surface area contributed by atoms with Crippen LogP contribution in [-0.2, 0) is 0 Å². The number of methoxy groups -OCH3 is 3. The van der Waals surface area contributed by atoms with E-state index in [-0.39, 0.29) is 22.8 Å². The average molecular weight is 291 g/mol. The number of benzene rings is 1. The highest BCUT2D eigenvalue weighted by Crippen LogP contribution is 2.38. The van der Waals surface area contributed by atoms with Gasteiger partial charge in [0.25, 0.3) is 0 Å². The molecule has 0 spiro atoms. The molecule has 1 aromatic rings. The van der Waals surface area contributed by atoms with Gasteiger partial charge in [0.15, 0.2) is 17.3 Å². The SMILES string of the molecule is Br.COc1cc(C(C)=O)cc(OC)c1OC. The van der Waals surface area contributed by atoms with Crippen LogP contribution < -0.4 is 14.2 Å². The Hall–Kier alpha value is -1.23. The normalized spacial score (nSPS) is 9.00. The van der Waals surface area contributed by atoms with Crippen molar-refractivity contribution in [3.8, 4) is 17.2 Å². The van der Waals surface area contributed by atoms with Gasteiger partial charge in [-0.05, 0) is 19.1 Å². The summed E-state index contributed by atoms with van der Waals surface area (Å²) in [5.74, 6) is 1.42. The molecule has 0 saturated heterocycles. The fourth-order valence-corrected chi connectivity index (χ4v) is 1.28. The van der Waals surface area contributed by atoms with Crippen LogP contribution in [0.25, 0.3) is 0 Å². The van der Waals surface area contributed by atoms with Crippen molar-refractivity contribution in [2.24, 2.45) is 0 Å². The van der Waals surface area contributed by atoms with Crippen molar-refractivity contribution in [1.29, 1.82) is 0 Å². The average Bonchev–Trinajstić information content (AvgIpc) is 2.26. The predicted octanol–water partition coefficient (Wildman–Crippen LogP) is 2.49. The van der Waals surface area contributed by atoms with E-state index in [4.69, 9.17) is 14.2 Å². The number of ether oxygens (including phenoxy) is 3. The molecular weight excluding hydrogens is 276 g/mol. The third-order valence-corrected chi connectivity index (χ3v) is 2.07. The van der Waals surface area contributed by atoms with Crippen molar-refractivity contribution in [2.45, 2.75) is 6.92 Å². The van der Waals surface area contributed by atoms with Gasteiger partial charge in [-0.3, -0.25) is 4.79 Å². The lowest BCUT2D eigenvalue weighted by molar-refractivity contribution is 0.101. The van der Waals surface area contributed by atoms with Gasteiger partial charge in [0.1, 0.15) is 0 Å². The maximum atomic E-state index is 11.2. The van der Waals surface area contributed by atoms with Gasteiger partial charge >= 0.3 is 0 Å². The number of halogens is 1. The number of hydrogen-bond acceptors (Lipinski definition) is 4. The van der Waals surface area contributed by atoms with Crippen LogP contribution in [0.3, 0.4) is 0 Å². The van der Waals surface area contributed by atoms with Gasteiger partial charge in [0.2, 0.25) is 5.75 Å². The first kappa shape index (κ1) is 14.8. The zero-order chi connectivity index (χ0) is 11.4. The summed E-state index contributed by atoms with van der Waals surface area (Å²) in [6.07, 6.45) is 0. The van der Waals surface area contributed by atoms with E-state index in [0.717, 1.165) is 0 Å². The first-order valence-corrected chi connectivity index (χ1v) is 4.45. The summed E-state index contributed by atoms with van der Waals surface area (Å²) in [5.41, 5.74) is 0.532. The number of carbonyl (C=O) groups excluding carboxylic acids is 1. The number of rotatable bonds is 4. The molecule has 0 bridgehead atoms. The number of hydrogen-bond donors (Lipinski definition) is 0. The molecule has 0 aliphatic rings. The maximum absolute atomic E-state index is 11.2. The summed E-state index contributed by atoms with van der Waals surface area (Å²) in [4.78, 5) is 11.2. The molecule has 0 unspecified atom stereocenters. The van der Waals surface area contributed by atoms with Gasteiger partial charge in [-0.25, -0.2) is 0 Å². The molecule has 0 N–H and O–H groups in total. The maximum Gasteiger partial charge on any atom is 0.203 e. The molecule has 1 rings (SSSR count). The molecule has 0 amide bonds. The van der Waals surface area contributed by atoms with E-state index in [1.54, 1.807) is 12.1 Å². The molecule has 5 heteroatoms. The highest BCUT2D eigenvalue weighted by molar-refractivity contribution is 8.93. The first-order valence-electron chi connectivity index (χ1n) is 4.45. The minimum absolute atomic E-state index is 0. The van der Waals surface area contributed by atoms with E-state index in [9.17, 15) is 4.79 Å². The molecule has 0 radical (unpaired) electrons. The second kappa shape index (κ2) is 6.37. The van der Waals surface area contributed by atoms with Gasteiger partial charge in [-0.1, -0.05) is 0 Å². The Morgan fingerprint density at radius 1 is 1.00 bits per heavy atom. The third kappa shape index (κ3) is 2.88. The lowest BCUT2D eigenvalue weighted by atomic mass is 10.1. The van der Waals surface area contributed by atoms with E-state index < -0.39 is 0 Å². The molecule has 0 saturated carbocycles. The topological polar surface area (TPSA) is 44.8 Å². The monoisotopic (exact) mass is 290 g/mol. The molecule has 4 nitrogen and oxygen atoms in total. The van der Waals surface area contributed by atoms with Crippen molar-refractivity contribution in [2.75, 3.05) is 21.3 Å². The summed E-state index contributed by atoms with van der Waals surface area (Å²) >= 11 is 0. The van der Waals surface area contributed by atoms with Crippen LogP contribution in [0.2, 0.25) is 0 Å². The van der Waals surface area contributed by atoms with Crippen molar-refractivity contribution in [3.05, 3.63) is 17.7 Å². The van der Waals surface area contributed by atoms with Crippen LogP contribution in [0.15, 0.2) is 12.1 Å². The summed E-state index contributed by atoms with van der Waals surface area (Å²) in [6.45, 7) is 1.49. The zero-order valence-electron chi connectivity index (χ0n) is 9.70. The summed E-state index contributed by atoms with van der Waals surface area (Å²) in [7, 11) is 4.55. The van der Waals surface area contributed by atoms with Crippen LogP contribution in [-0.4, -0.2) is 27.1 Å². The molecule has 0 atom stereocenters. The Labute approximate surface area is 105 Å². The van der Waals surface area contributed by atoms with Crippen LogP contribution in [0.1, 0.15) is 17.3 Å². The first-order chi connectivity index (χ1) is 7.13. The molecule has 0 heterocycles. The van der Waals surface area contributed by atoms with Gasteiger partial charge < -0.3 is 14.2 Å². The van der Waals surface area contributed by atoms with Crippen molar-refractivity contribution in [1.82, 2.24) is 0 Å². The Bertz CT molecular complexity index is 351. The lowest BCUT2D eigenvalue weighted by Gasteiger charge is -2.12. The van der Waals surface area contributed by atoms with Gasteiger partial charge in [0.05, 0.1) is 21.3 Å². The van der Waals surface area contributed by atoms with Crippen molar-refractivity contribution < 1.29 is 19.0 Å². The molecule has 0 aliphatic heterocycles. The second-order valence-electron chi connectivity index (χ2n) is 2.97. The molecular formula is C11H15BrO4.